The smallest absolute Gasteiger partial charge is 0.279 e. The summed E-state index contributed by atoms with van der Waals surface area (Å²) in [7, 11) is 0. The molecule has 3 N–H and O–H groups in total. The van der Waals surface area contributed by atoms with Gasteiger partial charge in [0.25, 0.3) is 5.91 Å². The zero-order valence-electron chi connectivity index (χ0n) is 16.5. The van der Waals surface area contributed by atoms with E-state index in [4.69, 9.17) is 0 Å². The summed E-state index contributed by atoms with van der Waals surface area (Å²) in [5.74, 6) is 0.748. The topological polar surface area (TPSA) is 57.0 Å². The first-order chi connectivity index (χ1) is 12.9. The first kappa shape index (κ1) is 19.2. The van der Waals surface area contributed by atoms with Crippen LogP contribution in [-0.2, 0) is 4.79 Å². The van der Waals surface area contributed by atoms with Gasteiger partial charge in [0, 0.05) is 11.4 Å². The molecule has 2 aromatic rings. The van der Waals surface area contributed by atoms with Crippen molar-refractivity contribution >= 4 is 17.3 Å². The minimum absolute atomic E-state index is 0.0827. The van der Waals surface area contributed by atoms with Gasteiger partial charge in [0.05, 0.1) is 26.2 Å². The van der Waals surface area contributed by atoms with Gasteiger partial charge in [0.2, 0.25) is 0 Å². The molecule has 5 nitrogen and oxygen atoms in total. The number of amides is 1. The van der Waals surface area contributed by atoms with Crippen LogP contribution in [0.15, 0.2) is 42.5 Å². The minimum atomic E-state index is 0.0827. The molecule has 27 heavy (non-hydrogen) atoms. The lowest BCUT2D eigenvalue weighted by molar-refractivity contribution is -0.892. The van der Waals surface area contributed by atoms with Crippen LogP contribution in [0.4, 0.5) is 11.4 Å². The molecule has 1 saturated heterocycles. The van der Waals surface area contributed by atoms with Crippen molar-refractivity contribution in [3.05, 3.63) is 53.6 Å². The van der Waals surface area contributed by atoms with Crippen molar-refractivity contribution in [3.63, 3.8) is 0 Å². The summed E-state index contributed by atoms with van der Waals surface area (Å²) in [5.41, 5.74) is 4.40. The minimum Gasteiger partial charge on any atom is -0.508 e. The van der Waals surface area contributed by atoms with Gasteiger partial charge in [0.1, 0.15) is 5.75 Å². The molecule has 0 aliphatic carbocycles. The standard InChI is InChI=1S/C22H29N3O2/c1-16(2)20-6-4-5-17(3)22(20)23-21(27)15-24-11-13-25(14-12-24)18-7-9-19(26)10-8-18/h4-10,16,26H,11-15H2,1-3H3,(H,23,27)/p+1. The molecular weight excluding hydrogens is 338 g/mol. The Hall–Kier alpha value is -2.53. The van der Waals surface area contributed by atoms with Crippen molar-refractivity contribution in [2.45, 2.75) is 26.7 Å². The molecule has 1 aliphatic rings. The number of hydrogen-bond donors (Lipinski definition) is 3. The predicted molar refractivity (Wildman–Crippen MR) is 110 cm³/mol. The Bertz CT molecular complexity index is 779. The molecule has 0 bridgehead atoms. The summed E-state index contributed by atoms with van der Waals surface area (Å²) in [4.78, 5) is 16.2. The van der Waals surface area contributed by atoms with Gasteiger partial charge in [-0.1, -0.05) is 32.0 Å². The van der Waals surface area contributed by atoms with Crippen LogP contribution in [0.5, 0.6) is 5.75 Å². The number of carbonyl (C=O) groups is 1. The zero-order valence-corrected chi connectivity index (χ0v) is 16.5. The Kier molecular flexibility index (Phi) is 6.01. The summed E-state index contributed by atoms with van der Waals surface area (Å²) in [6.45, 7) is 10.5. The SMILES string of the molecule is Cc1cccc(C(C)C)c1NC(=O)C[NH+]1CCN(c2ccc(O)cc2)CC1. The number of aryl methyl sites for hydroxylation is 1. The highest BCUT2D eigenvalue weighted by atomic mass is 16.3. The van der Waals surface area contributed by atoms with Gasteiger partial charge in [-0.3, -0.25) is 4.79 Å². The van der Waals surface area contributed by atoms with E-state index in [0.717, 1.165) is 43.1 Å². The van der Waals surface area contributed by atoms with E-state index >= 15 is 0 Å². The molecule has 0 saturated carbocycles. The summed E-state index contributed by atoms with van der Waals surface area (Å²) in [6, 6.07) is 13.5. The zero-order chi connectivity index (χ0) is 19.4. The number of rotatable bonds is 5. The van der Waals surface area contributed by atoms with Crippen molar-refractivity contribution in [3.8, 4) is 5.75 Å². The van der Waals surface area contributed by atoms with Crippen molar-refractivity contribution in [1.82, 2.24) is 0 Å². The predicted octanol–water partition coefficient (Wildman–Crippen LogP) is 2.17. The van der Waals surface area contributed by atoms with E-state index in [0.29, 0.717) is 12.5 Å². The molecule has 3 rings (SSSR count). The molecule has 0 atom stereocenters. The highest BCUT2D eigenvalue weighted by Crippen LogP contribution is 2.27. The molecule has 1 amide bonds. The third kappa shape index (κ3) is 4.80. The Morgan fingerprint density at radius 3 is 2.44 bits per heavy atom. The third-order valence-electron chi connectivity index (χ3n) is 5.29. The van der Waals surface area contributed by atoms with Crippen molar-refractivity contribution in [2.24, 2.45) is 0 Å². The Morgan fingerprint density at radius 2 is 1.81 bits per heavy atom. The van der Waals surface area contributed by atoms with E-state index in [9.17, 15) is 9.90 Å². The fraction of sp³-hybridized carbons (Fsp3) is 0.409. The summed E-state index contributed by atoms with van der Waals surface area (Å²) in [6.07, 6.45) is 0. The quantitative estimate of drug-likeness (QED) is 0.758. The monoisotopic (exact) mass is 368 g/mol. The van der Waals surface area contributed by atoms with Crippen LogP contribution in [0.25, 0.3) is 0 Å². The number of phenolic OH excluding ortho intramolecular Hbond substituents is 1. The highest BCUT2D eigenvalue weighted by Gasteiger charge is 2.23. The van der Waals surface area contributed by atoms with Crippen LogP contribution in [-0.4, -0.2) is 43.7 Å². The number of piperazine rings is 1. The third-order valence-corrected chi connectivity index (χ3v) is 5.29. The summed E-state index contributed by atoms with van der Waals surface area (Å²) < 4.78 is 0. The van der Waals surface area contributed by atoms with Crippen LogP contribution < -0.4 is 15.1 Å². The van der Waals surface area contributed by atoms with Crippen LogP contribution in [0, 0.1) is 6.92 Å². The molecule has 5 heteroatoms. The maximum absolute atomic E-state index is 12.6. The number of hydrogen-bond acceptors (Lipinski definition) is 3. The molecule has 144 valence electrons. The van der Waals surface area contributed by atoms with Gasteiger partial charge in [-0.25, -0.2) is 0 Å². The van der Waals surface area contributed by atoms with Crippen LogP contribution in [0.2, 0.25) is 0 Å². The lowest BCUT2D eigenvalue weighted by Crippen LogP contribution is -3.15. The number of anilines is 2. The highest BCUT2D eigenvalue weighted by molar-refractivity contribution is 5.93. The number of carbonyl (C=O) groups excluding carboxylic acids is 1. The van der Waals surface area contributed by atoms with E-state index in [1.54, 1.807) is 12.1 Å². The normalized spacial score (nSPS) is 15.2. The molecule has 1 heterocycles. The maximum Gasteiger partial charge on any atom is 0.279 e. The van der Waals surface area contributed by atoms with Gasteiger partial charge in [-0.2, -0.15) is 0 Å². The number of aromatic hydroxyl groups is 1. The Labute approximate surface area is 161 Å². The molecule has 0 radical (unpaired) electrons. The second kappa shape index (κ2) is 8.44. The Balaban J connectivity index is 1.55. The fourth-order valence-corrected chi connectivity index (χ4v) is 3.67. The van der Waals surface area contributed by atoms with Crippen molar-refractivity contribution in [2.75, 3.05) is 42.9 Å². The van der Waals surface area contributed by atoms with E-state index in [-0.39, 0.29) is 11.7 Å². The summed E-state index contributed by atoms with van der Waals surface area (Å²) in [5, 5.41) is 12.6. The van der Waals surface area contributed by atoms with E-state index in [2.05, 4.69) is 30.1 Å². The number of para-hydroxylation sites is 1. The average molecular weight is 369 g/mol. The molecule has 0 aromatic heterocycles. The van der Waals surface area contributed by atoms with E-state index < -0.39 is 0 Å². The molecule has 2 aromatic carbocycles. The van der Waals surface area contributed by atoms with Gasteiger partial charge in [0.15, 0.2) is 6.54 Å². The maximum atomic E-state index is 12.6. The van der Waals surface area contributed by atoms with Gasteiger partial charge >= 0.3 is 0 Å². The van der Waals surface area contributed by atoms with Gasteiger partial charge in [-0.05, 0) is 48.2 Å². The average Bonchev–Trinajstić information content (AvgIpc) is 2.64. The molecular formula is C22H30N3O2+. The number of nitrogens with one attached hydrogen (secondary N) is 2. The largest absolute Gasteiger partial charge is 0.508 e. The number of phenols is 1. The second-order valence-electron chi connectivity index (χ2n) is 7.67. The van der Waals surface area contributed by atoms with Crippen LogP contribution in [0.1, 0.15) is 30.9 Å². The lowest BCUT2D eigenvalue weighted by Gasteiger charge is -2.33. The number of quaternary nitrogens is 1. The molecule has 0 spiro atoms. The van der Waals surface area contributed by atoms with Gasteiger partial charge < -0.3 is 20.2 Å². The molecule has 0 unspecified atom stereocenters. The molecule has 1 aliphatic heterocycles. The van der Waals surface area contributed by atoms with Crippen LogP contribution in [0.3, 0.4) is 0 Å². The van der Waals surface area contributed by atoms with Crippen molar-refractivity contribution in [1.29, 1.82) is 0 Å². The lowest BCUT2D eigenvalue weighted by atomic mass is 9.98. The molecule has 1 fully saturated rings. The summed E-state index contributed by atoms with van der Waals surface area (Å²) >= 11 is 0. The van der Waals surface area contributed by atoms with E-state index in [1.807, 2.05) is 31.2 Å². The van der Waals surface area contributed by atoms with Crippen LogP contribution >= 0.6 is 0 Å². The van der Waals surface area contributed by atoms with E-state index in [1.165, 1.54) is 10.5 Å². The first-order valence-corrected chi connectivity index (χ1v) is 9.71. The van der Waals surface area contributed by atoms with Gasteiger partial charge in [-0.15, -0.1) is 0 Å². The number of benzene rings is 2. The first-order valence-electron chi connectivity index (χ1n) is 9.71. The Morgan fingerprint density at radius 1 is 1.15 bits per heavy atom. The number of nitrogens with zero attached hydrogens (tertiary/aromatic N) is 1. The second-order valence-corrected chi connectivity index (χ2v) is 7.67. The fourth-order valence-electron chi connectivity index (χ4n) is 3.67. The van der Waals surface area contributed by atoms with Crippen molar-refractivity contribution < 1.29 is 14.8 Å².